The van der Waals surface area contributed by atoms with Crippen molar-refractivity contribution in [1.82, 2.24) is 41.0 Å². The summed E-state index contributed by atoms with van der Waals surface area (Å²) in [6, 6.07) is 13.7. The SMILES string of the molecule is COC(=O)Nc1ccc(-c2cc([C@H](CC3CCNC3)NC(=O)/C=C/c3cc(Cl)ccc3-n3cnnn3)nnc2Cl)cc1. The first-order valence-electron chi connectivity index (χ1n) is 13.1. The molecule has 14 heteroatoms. The van der Waals surface area contributed by atoms with Crippen molar-refractivity contribution in [2.75, 3.05) is 25.5 Å². The van der Waals surface area contributed by atoms with Crippen molar-refractivity contribution in [2.24, 2.45) is 5.92 Å². The van der Waals surface area contributed by atoms with Gasteiger partial charge in [0.1, 0.15) is 6.33 Å². The van der Waals surface area contributed by atoms with E-state index in [1.807, 2.05) is 18.2 Å². The molecule has 12 nitrogen and oxygen atoms in total. The van der Waals surface area contributed by atoms with Crippen LogP contribution in [0.4, 0.5) is 10.5 Å². The van der Waals surface area contributed by atoms with Gasteiger partial charge in [0.15, 0.2) is 5.15 Å². The molecule has 1 unspecified atom stereocenters. The summed E-state index contributed by atoms with van der Waals surface area (Å²) >= 11 is 12.7. The van der Waals surface area contributed by atoms with E-state index in [0.29, 0.717) is 45.6 Å². The summed E-state index contributed by atoms with van der Waals surface area (Å²) in [6.07, 6.45) is 5.66. The Morgan fingerprint density at radius 3 is 2.71 bits per heavy atom. The van der Waals surface area contributed by atoms with Gasteiger partial charge in [0.25, 0.3) is 0 Å². The average molecular weight is 608 g/mol. The monoisotopic (exact) mass is 607 g/mol. The number of halogens is 2. The van der Waals surface area contributed by atoms with Crippen LogP contribution in [0, 0.1) is 5.92 Å². The largest absolute Gasteiger partial charge is 0.453 e. The summed E-state index contributed by atoms with van der Waals surface area (Å²) in [7, 11) is 1.30. The fraction of sp³-hybridized carbons (Fsp3) is 0.250. The smallest absolute Gasteiger partial charge is 0.411 e. The van der Waals surface area contributed by atoms with Crippen LogP contribution in [0.2, 0.25) is 10.2 Å². The lowest BCUT2D eigenvalue weighted by Crippen LogP contribution is -2.30. The zero-order valence-corrected chi connectivity index (χ0v) is 24.0. The molecule has 2 aromatic carbocycles. The lowest BCUT2D eigenvalue weighted by Gasteiger charge is -2.21. The third-order valence-electron chi connectivity index (χ3n) is 6.80. The lowest BCUT2D eigenvalue weighted by molar-refractivity contribution is -0.117. The summed E-state index contributed by atoms with van der Waals surface area (Å²) in [4.78, 5) is 24.7. The standard InChI is InChI=1S/C28H27Cl2N9O3/c1-42-28(41)33-21-6-2-18(3-7-21)22-14-24(35-36-27(22)30)23(12-17-10-11-31-15-17)34-26(40)9-4-19-13-20(29)5-8-25(19)39-16-32-37-38-39/h2-9,13-14,16-17,23,31H,10-12,15H2,1H3,(H,33,41)(H,34,40)/b9-4+/t17?,23-/m0/s1. The van der Waals surface area contributed by atoms with E-state index in [1.165, 1.54) is 24.2 Å². The summed E-state index contributed by atoms with van der Waals surface area (Å²) in [5.41, 5.74) is 3.91. The number of hydrogen-bond acceptors (Lipinski definition) is 9. The van der Waals surface area contributed by atoms with Gasteiger partial charge in [-0.3, -0.25) is 10.1 Å². The fourth-order valence-corrected chi connectivity index (χ4v) is 5.08. The Morgan fingerprint density at radius 2 is 2.00 bits per heavy atom. The molecule has 2 amide bonds. The number of anilines is 1. The van der Waals surface area contributed by atoms with Gasteiger partial charge in [0.2, 0.25) is 5.91 Å². The third-order valence-corrected chi connectivity index (χ3v) is 7.31. The Kier molecular flexibility index (Phi) is 9.37. The van der Waals surface area contributed by atoms with Crippen LogP contribution in [-0.4, -0.2) is 62.6 Å². The van der Waals surface area contributed by atoms with Crippen molar-refractivity contribution >= 4 is 47.0 Å². The number of hydrogen-bond donors (Lipinski definition) is 3. The first kappa shape index (κ1) is 29.1. The highest BCUT2D eigenvalue weighted by atomic mass is 35.5. The molecule has 216 valence electrons. The molecule has 1 aliphatic rings. The van der Waals surface area contributed by atoms with E-state index in [0.717, 1.165) is 25.1 Å². The zero-order valence-electron chi connectivity index (χ0n) is 22.5. The summed E-state index contributed by atoms with van der Waals surface area (Å²) in [5.74, 6) is 0.0355. The van der Waals surface area contributed by atoms with Gasteiger partial charge in [-0.25, -0.2) is 4.79 Å². The molecule has 0 saturated carbocycles. The van der Waals surface area contributed by atoms with E-state index in [1.54, 1.807) is 36.4 Å². The summed E-state index contributed by atoms with van der Waals surface area (Å²) in [6.45, 7) is 1.77. The van der Waals surface area contributed by atoms with Crippen molar-refractivity contribution in [1.29, 1.82) is 0 Å². The number of nitrogens with zero attached hydrogens (tertiary/aromatic N) is 6. The number of nitrogens with one attached hydrogen (secondary N) is 3. The number of amides is 2. The highest BCUT2D eigenvalue weighted by Gasteiger charge is 2.24. The van der Waals surface area contributed by atoms with Gasteiger partial charge in [0.05, 0.1) is 24.5 Å². The van der Waals surface area contributed by atoms with Crippen LogP contribution in [0.5, 0.6) is 0 Å². The van der Waals surface area contributed by atoms with Crippen LogP contribution in [-0.2, 0) is 9.53 Å². The van der Waals surface area contributed by atoms with Crippen LogP contribution < -0.4 is 16.0 Å². The van der Waals surface area contributed by atoms with E-state index >= 15 is 0 Å². The minimum absolute atomic E-state index is 0.219. The van der Waals surface area contributed by atoms with Gasteiger partial charge in [0, 0.05) is 27.9 Å². The van der Waals surface area contributed by atoms with Crippen LogP contribution >= 0.6 is 23.2 Å². The van der Waals surface area contributed by atoms with Gasteiger partial charge in [-0.15, -0.1) is 10.2 Å². The number of benzene rings is 2. The predicted molar refractivity (Wildman–Crippen MR) is 158 cm³/mol. The Balaban J connectivity index is 1.39. The van der Waals surface area contributed by atoms with E-state index < -0.39 is 12.1 Å². The number of carbonyl (C=O) groups is 2. The molecule has 0 aliphatic carbocycles. The first-order valence-corrected chi connectivity index (χ1v) is 13.9. The maximum atomic E-state index is 13.2. The molecular formula is C28H27Cl2N9O3. The Labute approximate surface area is 251 Å². The average Bonchev–Trinajstić information content (AvgIpc) is 3.72. The molecule has 3 N–H and O–H groups in total. The second-order valence-electron chi connectivity index (χ2n) is 9.61. The van der Waals surface area contributed by atoms with Crippen molar-refractivity contribution in [3.8, 4) is 16.8 Å². The Hall–Kier alpha value is -4.39. The number of rotatable bonds is 9. The normalized spacial score (nSPS) is 15.5. The molecule has 1 saturated heterocycles. The van der Waals surface area contributed by atoms with Gasteiger partial charge in [-0.2, -0.15) is 9.78 Å². The maximum absolute atomic E-state index is 13.2. The molecular weight excluding hydrogens is 581 g/mol. The van der Waals surface area contributed by atoms with Crippen molar-refractivity contribution < 1.29 is 14.3 Å². The minimum Gasteiger partial charge on any atom is -0.453 e. The quantitative estimate of drug-likeness (QED) is 0.234. The van der Waals surface area contributed by atoms with Gasteiger partial charge < -0.3 is 15.4 Å². The molecule has 0 radical (unpaired) electrons. The van der Waals surface area contributed by atoms with E-state index in [2.05, 4.69) is 46.4 Å². The number of aromatic nitrogens is 6. The highest BCUT2D eigenvalue weighted by Crippen LogP contribution is 2.31. The van der Waals surface area contributed by atoms with Crippen LogP contribution in [0.25, 0.3) is 22.9 Å². The number of methoxy groups -OCH3 is 1. The second kappa shape index (κ2) is 13.5. The van der Waals surface area contributed by atoms with Crippen LogP contribution in [0.3, 0.4) is 0 Å². The van der Waals surface area contributed by atoms with Crippen LogP contribution in [0.15, 0.2) is 60.9 Å². The van der Waals surface area contributed by atoms with Crippen LogP contribution in [0.1, 0.15) is 30.1 Å². The molecule has 1 aliphatic heterocycles. The van der Waals surface area contributed by atoms with E-state index in [9.17, 15) is 9.59 Å². The summed E-state index contributed by atoms with van der Waals surface area (Å²) in [5, 5.41) is 29.6. The topological polar surface area (TPSA) is 149 Å². The van der Waals surface area contributed by atoms with Gasteiger partial charge in [-0.05, 0) is 90.3 Å². The summed E-state index contributed by atoms with van der Waals surface area (Å²) < 4.78 is 6.13. The number of ether oxygens (including phenoxy) is 1. The Morgan fingerprint density at radius 1 is 1.17 bits per heavy atom. The van der Waals surface area contributed by atoms with Gasteiger partial charge in [-0.1, -0.05) is 35.3 Å². The number of tetrazole rings is 1. The molecule has 0 spiro atoms. The van der Waals surface area contributed by atoms with Crippen molar-refractivity contribution in [2.45, 2.75) is 18.9 Å². The minimum atomic E-state index is -0.565. The van der Waals surface area contributed by atoms with Crippen molar-refractivity contribution in [3.63, 3.8) is 0 Å². The van der Waals surface area contributed by atoms with Gasteiger partial charge >= 0.3 is 6.09 Å². The number of carbonyl (C=O) groups excluding carboxylic acids is 2. The highest BCUT2D eigenvalue weighted by molar-refractivity contribution is 6.32. The molecule has 42 heavy (non-hydrogen) atoms. The van der Waals surface area contributed by atoms with E-state index in [-0.39, 0.29) is 11.1 Å². The third kappa shape index (κ3) is 7.27. The zero-order chi connectivity index (χ0) is 29.5. The molecule has 3 heterocycles. The second-order valence-corrected chi connectivity index (χ2v) is 10.4. The maximum Gasteiger partial charge on any atom is 0.411 e. The molecule has 1 fully saturated rings. The van der Waals surface area contributed by atoms with Crippen molar-refractivity contribution in [3.05, 3.63) is 82.4 Å². The fourth-order valence-electron chi connectivity index (χ4n) is 4.69. The molecule has 0 bridgehead atoms. The predicted octanol–water partition coefficient (Wildman–Crippen LogP) is 4.47. The molecule has 5 rings (SSSR count). The molecule has 2 atom stereocenters. The first-order chi connectivity index (χ1) is 20.4. The lowest BCUT2D eigenvalue weighted by atomic mass is 9.95. The molecule has 2 aromatic heterocycles. The Bertz CT molecular complexity index is 1570. The molecule has 4 aromatic rings. The van der Waals surface area contributed by atoms with E-state index in [4.69, 9.17) is 23.2 Å².